The van der Waals surface area contributed by atoms with Gasteiger partial charge in [-0.2, -0.15) is 0 Å². The topological polar surface area (TPSA) is 107 Å². The van der Waals surface area contributed by atoms with E-state index in [2.05, 4.69) is 20.8 Å². The van der Waals surface area contributed by atoms with Gasteiger partial charge in [0.2, 0.25) is 0 Å². The van der Waals surface area contributed by atoms with Gasteiger partial charge in [0.15, 0.2) is 0 Å². The van der Waals surface area contributed by atoms with Gasteiger partial charge < -0.3 is 14.6 Å². The second kappa shape index (κ2) is 10.4. The molecule has 0 aromatic rings. The molecule has 36 heavy (non-hydrogen) atoms. The zero-order valence-electron chi connectivity index (χ0n) is 22.4. The molecule has 4 fully saturated rings. The summed E-state index contributed by atoms with van der Waals surface area (Å²) >= 11 is 0. The average molecular weight is 505 g/mol. The van der Waals surface area contributed by atoms with Crippen LogP contribution in [0.1, 0.15) is 97.8 Å². The highest BCUT2D eigenvalue weighted by atomic mass is 16.5. The summed E-state index contributed by atoms with van der Waals surface area (Å²) in [5.41, 5.74) is 0.203. The van der Waals surface area contributed by atoms with Gasteiger partial charge in [0.1, 0.15) is 11.9 Å². The van der Waals surface area contributed by atoms with Crippen LogP contribution in [-0.2, 0) is 28.7 Å². The molecule has 1 unspecified atom stereocenters. The summed E-state index contributed by atoms with van der Waals surface area (Å²) in [5.74, 6) is 0.941. The van der Waals surface area contributed by atoms with Crippen LogP contribution in [0.25, 0.3) is 0 Å². The number of rotatable bonds is 8. The Balaban J connectivity index is 1.59. The number of carboxylic acid groups (broad SMARTS) is 1. The molecule has 0 heterocycles. The van der Waals surface area contributed by atoms with Crippen LogP contribution in [0.4, 0.5) is 0 Å². The van der Waals surface area contributed by atoms with Crippen LogP contribution in [-0.4, -0.2) is 42.0 Å². The Morgan fingerprint density at radius 3 is 2.42 bits per heavy atom. The number of hydrogen-bond donors (Lipinski definition) is 1. The molecule has 4 aliphatic rings. The van der Waals surface area contributed by atoms with E-state index in [0.29, 0.717) is 55.1 Å². The van der Waals surface area contributed by atoms with Crippen molar-refractivity contribution in [1.82, 2.24) is 0 Å². The first-order valence-corrected chi connectivity index (χ1v) is 14.0. The van der Waals surface area contributed by atoms with Crippen LogP contribution < -0.4 is 0 Å². The SMILES string of the molecule is COC(=O)CC[C@@H](C)[C@H]1CC[C@H]2[C@@H]3[C@H](OC(=O)CCC(=O)O)CC4CC(=O)CC[C@]4(C)[C@H]3CC[C@]12C. The lowest BCUT2D eigenvalue weighted by Gasteiger charge is -2.62. The van der Waals surface area contributed by atoms with Gasteiger partial charge in [-0.3, -0.25) is 19.2 Å². The van der Waals surface area contributed by atoms with E-state index in [1.165, 1.54) is 7.11 Å². The molecule has 4 rings (SSSR count). The van der Waals surface area contributed by atoms with Crippen LogP contribution in [0.15, 0.2) is 0 Å². The number of ketones is 1. The number of hydrogen-bond acceptors (Lipinski definition) is 6. The fraction of sp³-hybridized carbons (Fsp3) is 0.862. The van der Waals surface area contributed by atoms with E-state index in [1.807, 2.05) is 0 Å². The van der Waals surface area contributed by atoms with E-state index in [4.69, 9.17) is 14.6 Å². The summed E-state index contributed by atoms with van der Waals surface area (Å²) in [6.45, 7) is 7.06. The van der Waals surface area contributed by atoms with Crippen molar-refractivity contribution in [3.8, 4) is 0 Å². The van der Waals surface area contributed by atoms with Crippen molar-refractivity contribution < 1.29 is 33.8 Å². The summed E-state index contributed by atoms with van der Waals surface area (Å²) < 4.78 is 11.0. The summed E-state index contributed by atoms with van der Waals surface area (Å²) in [4.78, 5) is 47.9. The first-order valence-electron chi connectivity index (χ1n) is 14.0. The number of esters is 2. The largest absolute Gasteiger partial charge is 0.481 e. The molecule has 9 atom stereocenters. The first kappa shape index (κ1) is 27.1. The summed E-state index contributed by atoms with van der Waals surface area (Å²) in [6.07, 6.45) is 7.92. The van der Waals surface area contributed by atoms with Crippen molar-refractivity contribution in [2.24, 2.45) is 46.3 Å². The molecule has 7 heteroatoms. The fourth-order valence-electron chi connectivity index (χ4n) is 9.17. The Bertz CT molecular complexity index is 883. The molecule has 202 valence electrons. The van der Waals surface area contributed by atoms with E-state index in [0.717, 1.165) is 38.5 Å². The Labute approximate surface area is 215 Å². The van der Waals surface area contributed by atoms with Gasteiger partial charge in [0.05, 0.1) is 20.0 Å². The zero-order chi connectivity index (χ0) is 26.3. The highest BCUT2D eigenvalue weighted by molar-refractivity contribution is 5.80. The summed E-state index contributed by atoms with van der Waals surface area (Å²) in [5, 5.41) is 9.03. The predicted octanol–water partition coefficient (Wildman–Crippen LogP) is 5.19. The summed E-state index contributed by atoms with van der Waals surface area (Å²) in [7, 11) is 1.44. The first-order chi connectivity index (χ1) is 17.0. The zero-order valence-corrected chi connectivity index (χ0v) is 22.4. The van der Waals surface area contributed by atoms with Crippen LogP contribution in [0.5, 0.6) is 0 Å². The smallest absolute Gasteiger partial charge is 0.306 e. The number of carbonyl (C=O) groups excluding carboxylic acids is 3. The maximum absolute atomic E-state index is 12.7. The molecule has 1 N–H and O–H groups in total. The third kappa shape index (κ3) is 4.96. The Kier molecular flexibility index (Phi) is 7.87. The molecule has 0 saturated heterocycles. The van der Waals surface area contributed by atoms with Gasteiger partial charge in [0, 0.05) is 25.2 Å². The number of fused-ring (bicyclic) bond motifs is 5. The van der Waals surface area contributed by atoms with Crippen molar-refractivity contribution >= 4 is 23.7 Å². The molecule has 0 amide bonds. The lowest BCUT2D eigenvalue weighted by Crippen LogP contribution is -2.59. The predicted molar refractivity (Wildman–Crippen MR) is 133 cm³/mol. The number of carbonyl (C=O) groups is 4. The van der Waals surface area contributed by atoms with Crippen LogP contribution in [0.2, 0.25) is 0 Å². The quantitative estimate of drug-likeness (QED) is 0.453. The van der Waals surface area contributed by atoms with Gasteiger partial charge in [0.25, 0.3) is 0 Å². The van der Waals surface area contributed by atoms with Crippen LogP contribution >= 0.6 is 0 Å². The Morgan fingerprint density at radius 1 is 1.00 bits per heavy atom. The van der Waals surface area contributed by atoms with E-state index < -0.39 is 11.9 Å². The van der Waals surface area contributed by atoms with Crippen molar-refractivity contribution in [3.05, 3.63) is 0 Å². The fourth-order valence-corrected chi connectivity index (χ4v) is 9.17. The van der Waals surface area contributed by atoms with Gasteiger partial charge >= 0.3 is 17.9 Å². The monoisotopic (exact) mass is 504 g/mol. The summed E-state index contributed by atoms with van der Waals surface area (Å²) in [6, 6.07) is 0. The molecule has 4 aliphatic carbocycles. The Hall–Kier alpha value is -1.92. The van der Waals surface area contributed by atoms with E-state index in [1.54, 1.807) is 0 Å². The molecule has 0 radical (unpaired) electrons. The standard InChI is InChI=1S/C29H44O7/c1-17(5-9-25(33)35-4)20-6-7-21-27-22(12-14-29(20,21)3)28(2)13-11-19(30)15-18(28)16-23(27)36-26(34)10-8-24(31)32/h17-18,20-23,27H,5-16H2,1-4H3,(H,31,32)/t17-,18?,20-,21+,22+,23-,27+,28+,29-/m1/s1. The maximum atomic E-state index is 12.7. The minimum atomic E-state index is -0.997. The molecule has 0 bridgehead atoms. The van der Waals surface area contributed by atoms with Crippen molar-refractivity contribution in [3.63, 3.8) is 0 Å². The van der Waals surface area contributed by atoms with Gasteiger partial charge in [-0.05, 0) is 85.4 Å². The maximum Gasteiger partial charge on any atom is 0.306 e. The van der Waals surface area contributed by atoms with E-state index >= 15 is 0 Å². The van der Waals surface area contributed by atoms with Gasteiger partial charge in [-0.15, -0.1) is 0 Å². The number of methoxy groups -OCH3 is 1. The van der Waals surface area contributed by atoms with Crippen molar-refractivity contribution in [2.45, 2.75) is 104 Å². The second-order valence-electron chi connectivity index (χ2n) is 12.7. The second-order valence-corrected chi connectivity index (χ2v) is 12.7. The number of carboxylic acids is 1. The molecular weight excluding hydrogens is 460 g/mol. The van der Waals surface area contributed by atoms with Gasteiger partial charge in [-0.1, -0.05) is 20.8 Å². The average Bonchev–Trinajstić information content (AvgIpc) is 3.19. The highest BCUT2D eigenvalue weighted by Crippen LogP contribution is 2.68. The van der Waals surface area contributed by atoms with Gasteiger partial charge in [-0.25, -0.2) is 0 Å². The third-order valence-corrected chi connectivity index (χ3v) is 11.1. The molecule has 0 aliphatic heterocycles. The van der Waals surface area contributed by atoms with E-state index in [-0.39, 0.29) is 47.6 Å². The van der Waals surface area contributed by atoms with Crippen LogP contribution in [0, 0.1) is 46.3 Å². The molecule has 0 spiro atoms. The number of aliphatic carboxylic acids is 1. The lowest BCUT2D eigenvalue weighted by molar-refractivity contribution is -0.191. The molecule has 0 aromatic heterocycles. The Morgan fingerprint density at radius 2 is 1.72 bits per heavy atom. The molecular formula is C29H44O7. The third-order valence-electron chi connectivity index (χ3n) is 11.1. The van der Waals surface area contributed by atoms with Crippen molar-refractivity contribution in [1.29, 1.82) is 0 Å². The highest BCUT2D eigenvalue weighted by Gasteiger charge is 2.63. The van der Waals surface area contributed by atoms with E-state index in [9.17, 15) is 19.2 Å². The minimum absolute atomic E-state index is 0.0818. The van der Waals surface area contributed by atoms with Crippen LogP contribution in [0.3, 0.4) is 0 Å². The molecule has 4 saturated carbocycles. The molecule has 7 nitrogen and oxygen atoms in total. The normalized spacial score (nSPS) is 40.4. The lowest BCUT2D eigenvalue weighted by atomic mass is 9.43. The van der Waals surface area contributed by atoms with Crippen molar-refractivity contribution in [2.75, 3.05) is 7.11 Å². The number of Topliss-reactive ketones (excluding diaryl/α,β-unsaturated/α-hetero) is 1. The molecule has 0 aromatic carbocycles. The minimum Gasteiger partial charge on any atom is -0.481 e. The number of ether oxygens (including phenoxy) is 2.